The van der Waals surface area contributed by atoms with Crippen LogP contribution in [0.25, 0.3) is 0 Å². The first-order valence-corrected chi connectivity index (χ1v) is 9.30. The molecule has 1 unspecified atom stereocenters. The number of aromatic nitrogens is 1. The van der Waals surface area contributed by atoms with Crippen molar-refractivity contribution >= 4 is 17.2 Å². The molecule has 2 N–H and O–H groups in total. The van der Waals surface area contributed by atoms with Gasteiger partial charge in [0.05, 0.1) is 6.04 Å². The average molecular weight is 347 g/mol. The monoisotopic (exact) mass is 347 g/mol. The Morgan fingerprint density at radius 2 is 2.25 bits per heavy atom. The molecule has 6 heteroatoms. The molecule has 0 spiro atoms. The van der Waals surface area contributed by atoms with Crippen molar-refractivity contribution in [2.75, 3.05) is 6.54 Å². The zero-order valence-electron chi connectivity index (χ0n) is 14.5. The van der Waals surface area contributed by atoms with Crippen molar-refractivity contribution in [1.82, 2.24) is 9.88 Å². The summed E-state index contributed by atoms with van der Waals surface area (Å²) in [5.41, 5.74) is 6.31. The summed E-state index contributed by atoms with van der Waals surface area (Å²) >= 11 is 1.71. The Hall–Kier alpha value is -1.66. The number of primary amides is 1. The number of furan rings is 1. The molecule has 3 rings (SSSR count). The van der Waals surface area contributed by atoms with E-state index in [9.17, 15) is 4.79 Å². The van der Waals surface area contributed by atoms with E-state index in [0.29, 0.717) is 6.04 Å². The van der Waals surface area contributed by atoms with Crippen molar-refractivity contribution in [3.8, 4) is 0 Å². The zero-order valence-corrected chi connectivity index (χ0v) is 15.4. The summed E-state index contributed by atoms with van der Waals surface area (Å²) in [5, 5.41) is 3.21. The summed E-state index contributed by atoms with van der Waals surface area (Å²) < 4.78 is 5.79. The van der Waals surface area contributed by atoms with E-state index in [1.165, 1.54) is 17.8 Å². The fraction of sp³-hybridized carbons (Fsp3) is 0.556. The van der Waals surface area contributed by atoms with Crippen LogP contribution in [0.2, 0.25) is 0 Å². The molecule has 5 nitrogen and oxygen atoms in total. The summed E-state index contributed by atoms with van der Waals surface area (Å²) in [5.74, 6) is 0.583. The van der Waals surface area contributed by atoms with Gasteiger partial charge in [0.2, 0.25) is 0 Å². The van der Waals surface area contributed by atoms with Crippen LogP contribution in [0.1, 0.15) is 73.0 Å². The van der Waals surface area contributed by atoms with Crippen LogP contribution in [0.3, 0.4) is 0 Å². The fourth-order valence-corrected chi connectivity index (χ4v) is 4.19. The van der Waals surface area contributed by atoms with Crippen molar-refractivity contribution in [2.24, 2.45) is 5.73 Å². The van der Waals surface area contributed by atoms with Crippen molar-refractivity contribution in [3.05, 3.63) is 39.7 Å². The van der Waals surface area contributed by atoms with Crippen LogP contribution < -0.4 is 5.73 Å². The van der Waals surface area contributed by atoms with Gasteiger partial charge < -0.3 is 10.2 Å². The topological polar surface area (TPSA) is 72.4 Å². The first-order chi connectivity index (χ1) is 11.4. The van der Waals surface area contributed by atoms with Crippen molar-refractivity contribution in [1.29, 1.82) is 0 Å². The third kappa shape index (κ3) is 3.54. The van der Waals surface area contributed by atoms with Gasteiger partial charge in [-0.3, -0.25) is 9.69 Å². The third-order valence-electron chi connectivity index (χ3n) is 4.46. The minimum absolute atomic E-state index is 0.171. The fourth-order valence-electron chi connectivity index (χ4n) is 3.38. The minimum atomic E-state index is -0.512. The van der Waals surface area contributed by atoms with Crippen LogP contribution in [0.15, 0.2) is 22.1 Å². The highest BCUT2D eigenvalue weighted by atomic mass is 32.1. The highest BCUT2D eigenvalue weighted by molar-refractivity contribution is 7.09. The number of rotatable bonds is 4. The summed E-state index contributed by atoms with van der Waals surface area (Å²) in [4.78, 5) is 18.5. The molecule has 0 saturated carbocycles. The van der Waals surface area contributed by atoms with Crippen molar-refractivity contribution < 1.29 is 9.21 Å². The number of hydrogen-bond acceptors (Lipinski definition) is 5. The number of thiazole rings is 1. The number of carbonyl (C=O) groups is 1. The van der Waals surface area contributed by atoms with Gasteiger partial charge in [-0.2, -0.15) is 0 Å². The number of nitrogens with two attached hydrogens (primary N) is 1. The lowest BCUT2D eigenvalue weighted by Crippen LogP contribution is -2.33. The molecule has 3 heterocycles. The number of likely N-dealkylation sites (tertiary alicyclic amines) is 1. The van der Waals surface area contributed by atoms with Crippen LogP contribution >= 0.6 is 11.3 Å². The number of carbonyl (C=O) groups excluding carboxylic acids is 1. The van der Waals surface area contributed by atoms with Crippen LogP contribution in [0.4, 0.5) is 0 Å². The summed E-state index contributed by atoms with van der Waals surface area (Å²) in [6, 6.07) is 2.16. The molecule has 1 saturated heterocycles. The molecule has 0 radical (unpaired) electrons. The highest BCUT2D eigenvalue weighted by Gasteiger charge is 2.30. The van der Waals surface area contributed by atoms with E-state index in [0.717, 1.165) is 30.8 Å². The van der Waals surface area contributed by atoms with Crippen LogP contribution in [0.5, 0.6) is 0 Å². The van der Waals surface area contributed by atoms with Crippen LogP contribution in [-0.4, -0.2) is 22.3 Å². The van der Waals surface area contributed by atoms with Gasteiger partial charge in [0.25, 0.3) is 5.91 Å². The lowest BCUT2D eigenvalue weighted by atomic mass is 9.90. The maximum absolute atomic E-state index is 11.5. The molecule has 0 aromatic carbocycles. The van der Waals surface area contributed by atoms with Gasteiger partial charge in [-0.15, -0.1) is 11.3 Å². The number of nitrogens with zero attached hydrogens (tertiary/aromatic N) is 2. The van der Waals surface area contributed by atoms with Crippen LogP contribution in [0, 0.1) is 0 Å². The van der Waals surface area contributed by atoms with Gasteiger partial charge in [-0.1, -0.05) is 27.2 Å². The van der Waals surface area contributed by atoms with E-state index >= 15 is 0 Å². The third-order valence-corrected chi connectivity index (χ3v) is 5.33. The lowest BCUT2D eigenvalue weighted by Gasteiger charge is -2.34. The molecule has 1 amide bonds. The minimum Gasteiger partial charge on any atom is -0.455 e. The van der Waals surface area contributed by atoms with Crippen molar-refractivity contribution in [2.45, 2.75) is 58.0 Å². The van der Waals surface area contributed by atoms with Crippen molar-refractivity contribution in [3.63, 3.8) is 0 Å². The first-order valence-electron chi connectivity index (χ1n) is 8.42. The zero-order chi connectivity index (χ0) is 17.3. The Balaban J connectivity index is 1.90. The van der Waals surface area contributed by atoms with Gasteiger partial charge >= 0.3 is 0 Å². The molecule has 130 valence electrons. The van der Waals surface area contributed by atoms with Gasteiger partial charge in [0.1, 0.15) is 10.8 Å². The molecule has 0 bridgehead atoms. The molecule has 2 aromatic rings. The average Bonchev–Trinajstić information content (AvgIpc) is 3.16. The molecular weight excluding hydrogens is 322 g/mol. The molecule has 0 aliphatic carbocycles. The number of piperidine rings is 1. The van der Waals surface area contributed by atoms with Gasteiger partial charge in [-0.05, 0) is 25.5 Å². The molecule has 1 fully saturated rings. The molecule has 1 atom stereocenters. The Kier molecular flexibility index (Phi) is 4.78. The van der Waals surface area contributed by atoms with Crippen LogP contribution in [-0.2, 0) is 12.0 Å². The second kappa shape index (κ2) is 6.69. The normalized spacial score (nSPS) is 19.5. The first kappa shape index (κ1) is 17.2. The maximum Gasteiger partial charge on any atom is 0.284 e. The second-order valence-electron chi connectivity index (χ2n) is 7.43. The summed E-state index contributed by atoms with van der Waals surface area (Å²) in [7, 11) is 0. The Bertz CT molecular complexity index is 700. The molecular formula is C18H25N3O2S. The number of hydrogen-bond donors (Lipinski definition) is 1. The molecule has 24 heavy (non-hydrogen) atoms. The maximum atomic E-state index is 11.5. The second-order valence-corrected chi connectivity index (χ2v) is 8.36. The van der Waals surface area contributed by atoms with Gasteiger partial charge in [0, 0.05) is 29.1 Å². The Labute approximate surface area is 146 Å². The summed E-state index contributed by atoms with van der Waals surface area (Å²) in [6.45, 7) is 8.07. The van der Waals surface area contributed by atoms with E-state index in [1.54, 1.807) is 11.3 Å². The molecule has 1 aliphatic rings. The predicted octanol–water partition coefficient (Wildman–Crippen LogP) is 3.86. The van der Waals surface area contributed by atoms with E-state index in [4.69, 9.17) is 10.2 Å². The highest BCUT2D eigenvalue weighted by Crippen LogP contribution is 2.36. The largest absolute Gasteiger partial charge is 0.455 e. The van der Waals surface area contributed by atoms with E-state index in [-0.39, 0.29) is 11.2 Å². The predicted molar refractivity (Wildman–Crippen MR) is 95.0 cm³/mol. The standard InChI is InChI=1S/C18H25N3O2S/c1-18(2,3)15-12(10-14(23-15)16(19)22)11-21-8-5-4-6-13(21)17-20-7-9-24-17/h7,9-10,13H,4-6,8,11H2,1-3H3,(H2,19,22). The van der Waals surface area contributed by atoms with E-state index in [1.807, 2.05) is 17.6 Å². The molecule has 1 aliphatic heterocycles. The molecule has 2 aromatic heterocycles. The van der Waals surface area contributed by atoms with Gasteiger partial charge in [0.15, 0.2) is 5.76 Å². The van der Waals surface area contributed by atoms with E-state index < -0.39 is 5.91 Å². The van der Waals surface area contributed by atoms with Gasteiger partial charge in [-0.25, -0.2) is 4.98 Å². The SMILES string of the molecule is CC(C)(C)c1oc(C(N)=O)cc1CN1CCCCC1c1nccs1. The number of amides is 1. The van der Waals surface area contributed by atoms with E-state index in [2.05, 4.69) is 30.7 Å². The summed E-state index contributed by atoms with van der Waals surface area (Å²) in [6.07, 6.45) is 5.41. The smallest absolute Gasteiger partial charge is 0.284 e. The Morgan fingerprint density at radius 3 is 2.88 bits per heavy atom. The quantitative estimate of drug-likeness (QED) is 0.911. The Morgan fingerprint density at radius 1 is 1.46 bits per heavy atom. The lowest BCUT2D eigenvalue weighted by molar-refractivity contribution is 0.0970.